The van der Waals surface area contributed by atoms with Crippen molar-refractivity contribution in [1.82, 2.24) is 0 Å². The fourth-order valence-electron chi connectivity index (χ4n) is 2.34. The Balaban J connectivity index is 1.92. The van der Waals surface area contributed by atoms with Crippen LogP contribution in [0.4, 0.5) is 11.4 Å². The SMILES string of the molecule is Cc1cccc(N=C=Nc2ccc(C)cc2C#Cc2ccccc2)c1. The number of hydrogen-bond acceptors (Lipinski definition) is 2. The average Bonchev–Trinajstić information content (AvgIpc) is 2.62. The smallest absolute Gasteiger partial charge is 0.101 e. The minimum absolute atomic E-state index is 0.769. The molecule has 0 radical (unpaired) electrons. The Bertz CT molecular complexity index is 999. The third kappa shape index (κ3) is 4.78. The molecule has 3 aromatic rings. The molecule has 0 aliphatic carbocycles. The van der Waals surface area contributed by atoms with Crippen LogP contribution in [-0.2, 0) is 0 Å². The van der Waals surface area contributed by atoms with E-state index in [-0.39, 0.29) is 0 Å². The van der Waals surface area contributed by atoms with E-state index in [9.17, 15) is 0 Å². The molecule has 3 aromatic carbocycles. The zero-order chi connectivity index (χ0) is 17.5. The number of nitrogens with zero attached hydrogens (tertiary/aromatic N) is 2. The first-order valence-electron chi connectivity index (χ1n) is 8.11. The first kappa shape index (κ1) is 16.5. The summed E-state index contributed by atoms with van der Waals surface area (Å²) in [6.45, 7) is 4.08. The van der Waals surface area contributed by atoms with E-state index in [0.29, 0.717) is 0 Å². The van der Waals surface area contributed by atoms with Crippen LogP contribution >= 0.6 is 0 Å². The molecule has 25 heavy (non-hydrogen) atoms. The van der Waals surface area contributed by atoms with Gasteiger partial charge in [-0.25, -0.2) is 0 Å². The summed E-state index contributed by atoms with van der Waals surface area (Å²) in [6, 6.07) is 26.6. The highest BCUT2D eigenvalue weighted by Crippen LogP contribution is 2.20. The molecule has 0 fully saturated rings. The predicted molar refractivity (Wildman–Crippen MR) is 104 cm³/mol. The molecule has 2 heteroatoms. The molecule has 0 amide bonds. The van der Waals surface area contributed by atoms with Gasteiger partial charge in [-0.05, 0) is 61.4 Å². The van der Waals surface area contributed by atoms with E-state index in [1.165, 1.54) is 0 Å². The molecule has 0 aromatic heterocycles. The fourth-order valence-corrected chi connectivity index (χ4v) is 2.34. The van der Waals surface area contributed by atoms with Crippen LogP contribution in [0.1, 0.15) is 22.3 Å². The fraction of sp³-hybridized carbons (Fsp3) is 0.0870. The van der Waals surface area contributed by atoms with Gasteiger partial charge in [0.2, 0.25) is 0 Å². The van der Waals surface area contributed by atoms with Gasteiger partial charge >= 0.3 is 0 Å². The monoisotopic (exact) mass is 322 g/mol. The van der Waals surface area contributed by atoms with Crippen molar-refractivity contribution in [3.63, 3.8) is 0 Å². The largest absolute Gasteiger partial charge is 0.188 e. The third-order valence-electron chi connectivity index (χ3n) is 3.62. The Morgan fingerprint density at radius 1 is 0.680 bits per heavy atom. The maximum atomic E-state index is 4.37. The highest BCUT2D eigenvalue weighted by molar-refractivity contribution is 5.64. The van der Waals surface area contributed by atoms with Crippen LogP contribution in [0, 0.1) is 25.7 Å². The number of hydrogen-bond donors (Lipinski definition) is 0. The van der Waals surface area contributed by atoms with Gasteiger partial charge in [0, 0.05) is 5.56 Å². The van der Waals surface area contributed by atoms with Crippen LogP contribution in [0.2, 0.25) is 0 Å². The number of aliphatic imine (C=N–C) groups is 2. The maximum Gasteiger partial charge on any atom is 0.101 e. The van der Waals surface area contributed by atoms with Crippen LogP contribution in [0.5, 0.6) is 0 Å². The summed E-state index contributed by atoms with van der Waals surface area (Å²) in [5.74, 6) is 6.38. The van der Waals surface area contributed by atoms with Gasteiger partial charge in [-0.3, -0.25) is 0 Å². The molecule has 0 spiro atoms. The minimum atomic E-state index is 0.769. The van der Waals surface area contributed by atoms with Crippen molar-refractivity contribution in [2.75, 3.05) is 0 Å². The molecule has 0 atom stereocenters. The zero-order valence-electron chi connectivity index (χ0n) is 14.3. The van der Waals surface area contributed by atoms with E-state index in [0.717, 1.165) is 33.6 Å². The van der Waals surface area contributed by atoms with Crippen molar-refractivity contribution in [3.8, 4) is 11.8 Å². The van der Waals surface area contributed by atoms with Crippen LogP contribution < -0.4 is 0 Å². The summed E-state index contributed by atoms with van der Waals surface area (Å²) >= 11 is 0. The first-order chi connectivity index (χ1) is 12.2. The lowest BCUT2D eigenvalue weighted by atomic mass is 10.1. The molecule has 2 nitrogen and oxygen atoms in total. The second kappa shape index (κ2) is 7.93. The summed E-state index contributed by atoms with van der Waals surface area (Å²) in [5.41, 5.74) is 5.76. The van der Waals surface area contributed by atoms with Crippen LogP contribution in [0.15, 0.2) is 82.8 Å². The molecular weight excluding hydrogens is 304 g/mol. The minimum Gasteiger partial charge on any atom is -0.188 e. The molecular formula is C23H18N2. The van der Waals surface area contributed by atoms with E-state index in [4.69, 9.17) is 0 Å². The van der Waals surface area contributed by atoms with E-state index in [1.54, 1.807) is 0 Å². The van der Waals surface area contributed by atoms with Crippen molar-refractivity contribution in [1.29, 1.82) is 0 Å². The molecule has 0 bridgehead atoms. The summed E-state index contributed by atoms with van der Waals surface area (Å²) in [4.78, 5) is 8.64. The summed E-state index contributed by atoms with van der Waals surface area (Å²) < 4.78 is 0. The standard InChI is InChI=1S/C23H18N2/c1-18-7-6-10-22(16-18)24-17-25-23-14-11-19(2)15-21(23)13-12-20-8-4-3-5-9-20/h3-11,14-16H,1-2H3. The molecule has 0 N–H and O–H groups in total. The molecule has 120 valence electrons. The van der Waals surface area contributed by atoms with Crippen LogP contribution in [0.25, 0.3) is 0 Å². The Morgan fingerprint density at radius 2 is 1.48 bits per heavy atom. The van der Waals surface area contributed by atoms with Crippen molar-refractivity contribution >= 4 is 17.4 Å². The Hall–Kier alpha value is -3.40. The van der Waals surface area contributed by atoms with E-state index >= 15 is 0 Å². The molecule has 0 aliphatic rings. The van der Waals surface area contributed by atoms with Crippen LogP contribution in [-0.4, -0.2) is 6.01 Å². The van der Waals surface area contributed by atoms with Gasteiger partial charge in [0.15, 0.2) is 0 Å². The van der Waals surface area contributed by atoms with E-state index in [2.05, 4.69) is 27.8 Å². The van der Waals surface area contributed by atoms with Gasteiger partial charge in [0.05, 0.1) is 16.9 Å². The van der Waals surface area contributed by atoms with E-state index in [1.807, 2.05) is 86.6 Å². The van der Waals surface area contributed by atoms with Gasteiger partial charge in [-0.15, -0.1) is 0 Å². The lowest BCUT2D eigenvalue weighted by molar-refractivity contribution is 1.40. The Kier molecular flexibility index (Phi) is 5.22. The number of benzene rings is 3. The molecule has 0 saturated carbocycles. The molecule has 3 rings (SSSR count). The van der Waals surface area contributed by atoms with Crippen molar-refractivity contribution < 1.29 is 0 Å². The summed E-state index contributed by atoms with van der Waals surface area (Å²) in [6.07, 6.45) is 0. The first-order valence-corrected chi connectivity index (χ1v) is 8.11. The third-order valence-corrected chi connectivity index (χ3v) is 3.62. The normalized spacial score (nSPS) is 9.52. The average molecular weight is 322 g/mol. The second-order valence-electron chi connectivity index (χ2n) is 5.80. The molecule has 0 saturated heterocycles. The lowest BCUT2D eigenvalue weighted by Gasteiger charge is -1.99. The zero-order valence-corrected chi connectivity index (χ0v) is 14.3. The van der Waals surface area contributed by atoms with Crippen molar-refractivity contribution in [3.05, 3.63) is 95.1 Å². The number of rotatable bonds is 2. The van der Waals surface area contributed by atoms with Gasteiger partial charge in [0.1, 0.15) is 6.01 Å². The van der Waals surface area contributed by atoms with Gasteiger partial charge in [-0.2, -0.15) is 9.98 Å². The Labute approximate surface area is 148 Å². The predicted octanol–water partition coefficient (Wildman–Crippen LogP) is 5.84. The molecule has 0 heterocycles. The van der Waals surface area contributed by atoms with Gasteiger partial charge in [-0.1, -0.05) is 48.2 Å². The second-order valence-corrected chi connectivity index (χ2v) is 5.80. The summed E-state index contributed by atoms with van der Waals surface area (Å²) in [7, 11) is 0. The van der Waals surface area contributed by atoms with Crippen molar-refractivity contribution in [2.24, 2.45) is 9.98 Å². The lowest BCUT2D eigenvalue weighted by Crippen LogP contribution is -1.80. The van der Waals surface area contributed by atoms with Crippen molar-refractivity contribution in [2.45, 2.75) is 13.8 Å². The quantitative estimate of drug-likeness (QED) is 0.418. The molecule has 0 aliphatic heterocycles. The maximum absolute atomic E-state index is 4.37. The van der Waals surface area contributed by atoms with Gasteiger partial charge < -0.3 is 0 Å². The Morgan fingerprint density at radius 3 is 2.28 bits per heavy atom. The topological polar surface area (TPSA) is 24.7 Å². The number of aryl methyl sites for hydroxylation is 2. The highest BCUT2D eigenvalue weighted by Gasteiger charge is 1.98. The summed E-state index contributed by atoms with van der Waals surface area (Å²) in [5, 5.41) is 0. The highest BCUT2D eigenvalue weighted by atomic mass is 14.8. The van der Waals surface area contributed by atoms with Crippen LogP contribution in [0.3, 0.4) is 0 Å². The van der Waals surface area contributed by atoms with Gasteiger partial charge in [0.25, 0.3) is 0 Å². The van der Waals surface area contributed by atoms with E-state index < -0.39 is 0 Å². The molecule has 0 unspecified atom stereocenters.